The van der Waals surface area contributed by atoms with Gasteiger partial charge in [0, 0.05) is 23.8 Å². The molecule has 4 rings (SSSR count). The van der Waals surface area contributed by atoms with Crippen LogP contribution in [0, 0.1) is 6.92 Å². The van der Waals surface area contributed by atoms with Crippen LogP contribution in [0.15, 0.2) is 36.5 Å². The number of aromatic nitrogens is 2. The molecule has 0 saturated carbocycles. The summed E-state index contributed by atoms with van der Waals surface area (Å²) in [4.78, 5) is 15.9. The fourth-order valence-corrected chi connectivity index (χ4v) is 4.60. The van der Waals surface area contributed by atoms with Gasteiger partial charge in [-0.3, -0.25) is 10.0 Å². The van der Waals surface area contributed by atoms with Crippen LogP contribution in [0.2, 0.25) is 0 Å². The molecule has 1 aromatic carbocycles. The second-order valence-electron chi connectivity index (χ2n) is 8.23. The Bertz CT molecular complexity index is 1110. The highest BCUT2D eigenvalue weighted by Crippen LogP contribution is 2.32. The molecule has 1 aliphatic heterocycles. The highest BCUT2D eigenvalue weighted by atomic mass is 16.6. The first kappa shape index (κ1) is 21.3. The van der Waals surface area contributed by atoms with Crippen molar-refractivity contribution in [2.75, 3.05) is 5.17 Å². The number of hydrogen-bond acceptors (Lipinski definition) is 6. The number of pyridine rings is 1. The van der Waals surface area contributed by atoms with E-state index in [1.165, 1.54) is 5.12 Å². The maximum absolute atomic E-state index is 11.4. The number of carbonyl (C=O) groups is 1. The van der Waals surface area contributed by atoms with Crippen LogP contribution in [0.4, 0.5) is 5.69 Å². The molecule has 1 atom stereocenters. The van der Waals surface area contributed by atoms with Crippen molar-refractivity contribution in [2.45, 2.75) is 58.5 Å². The summed E-state index contributed by atoms with van der Waals surface area (Å²) in [6.45, 7) is 4.66. The highest BCUT2D eigenvalue weighted by molar-refractivity contribution is 5.86. The van der Waals surface area contributed by atoms with Gasteiger partial charge >= 0.3 is 5.97 Å². The van der Waals surface area contributed by atoms with E-state index in [9.17, 15) is 15.1 Å². The Hall–Kier alpha value is -2.94. The molecule has 0 aliphatic carbocycles. The molecule has 3 heterocycles. The van der Waals surface area contributed by atoms with Crippen molar-refractivity contribution in [1.82, 2.24) is 14.7 Å². The number of carboxylic acid groups (broad SMARTS) is 1. The molecule has 8 nitrogen and oxygen atoms in total. The first-order valence-corrected chi connectivity index (χ1v) is 10.7. The lowest BCUT2D eigenvalue weighted by Gasteiger charge is -2.37. The molecule has 0 amide bonds. The van der Waals surface area contributed by atoms with Gasteiger partial charge < -0.3 is 9.67 Å². The van der Waals surface area contributed by atoms with Gasteiger partial charge in [-0.1, -0.05) is 31.0 Å². The van der Waals surface area contributed by atoms with E-state index in [1.807, 2.05) is 31.2 Å². The number of aliphatic carboxylic acids is 1. The first-order valence-electron chi connectivity index (χ1n) is 10.7. The fourth-order valence-electron chi connectivity index (χ4n) is 4.60. The molecule has 164 valence electrons. The normalized spacial score (nSPS) is 16.0. The van der Waals surface area contributed by atoms with E-state index < -0.39 is 5.97 Å². The van der Waals surface area contributed by atoms with Crippen molar-refractivity contribution in [3.8, 4) is 0 Å². The maximum atomic E-state index is 11.4. The molecule has 0 spiro atoms. The van der Waals surface area contributed by atoms with Crippen LogP contribution in [-0.4, -0.2) is 37.0 Å². The lowest BCUT2D eigenvalue weighted by Crippen LogP contribution is -2.55. The van der Waals surface area contributed by atoms with E-state index in [0.29, 0.717) is 25.1 Å². The van der Waals surface area contributed by atoms with Gasteiger partial charge in [0.25, 0.3) is 0 Å². The zero-order valence-corrected chi connectivity index (χ0v) is 18.0. The van der Waals surface area contributed by atoms with Crippen molar-refractivity contribution >= 4 is 22.7 Å². The average Bonchev–Trinajstić information content (AvgIpc) is 3.06. The van der Waals surface area contributed by atoms with Gasteiger partial charge in [-0.05, 0) is 55.5 Å². The second kappa shape index (κ2) is 8.66. The lowest BCUT2D eigenvalue weighted by atomic mass is 10.0. The molecular weight excluding hydrogens is 394 g/mol. The summed E-state index contributed by atoms with van der Waals surface area (Å²) in [5.74, 6) is 5.54. The van der Waals surface area contributed by atoms with Crippen molar-refractivity contribution < 1.29 is 15.1 Å². The van der Waals surface area contributed by atoms with Crippen molar-refractivity contribution in [3.63, 3.8) is 0 Å². The predicted molar refractivity (Wildman–Crippen MR) is 119 cm³/mol. The zero-order chi connectivity index (χ0) is 22.1. The lowest BCUT2D eigenvalue weighted by molar-refractivity contribution is -0.136. The number of anilines is 1. The number of carboxylic acids is 1. The van der Waals surface area contributed by atoms with Crippen LogP contribution in [0.5, 0.6) is 0 Å². The molecule has 8 heteroatoms. The van der Waals surface area contributed by atoms with Gasteiger partial charge in [-0.2, -0.15) is 5.17 Å². The Balaban J connectivity index is 1.64. The molecule has 31 heavy (non-hydrogen) atoms. The van der Waals surface area contributed by atoms with Crippen LogP contribution >= 0.6 is 0 Å². The summed E-state index contributed by atoms with van der Waals surface area (Å²) < 4.78 is 2.05. The topological polar surface area (TPSA) is 108 Å². The van der Waals surface area contributed by atoms with Crippen LogP contribution in [0.1, 0.15) is 42.1 Å². The average molecular weight is 424 g/mol. The fraction of sp³-hybridized carbons (Fsp3) is 0.391. The third-order valence-corrected chi connectivity index (χ3v) is 6.04. The quantitative estimate of drug-likeness (QED) is 0.395. The van der Waals surface area contributed by atoms with Gasteiger partial charge in [0.15, 0.2) is 0 Å². The van der Waals surface area contributed by atoms with Crippen molar-refractivity contribution in [2.24, 2.45) is 5.84 Å². The number of benzene rings is 1. The van der Waals surface area contributed by atoms with Gasteiger partial charge in [-0.25, -0.2) is 10.8 Å². The third-order valence-electron chi connectivity index (χ3n) is 6.04. The molecule has 0 bridgehead atoms. The third kappa shape index (κ3) is 4.01. The number of nitrogens with zero attached hydrogens (tertiary/aromatic N) is 4. The Labute approximate surface area is 181 Å². The summed E-state index contributed by atoms with van der Waals surface area (Å²) in [6, 6.07) is 9.52. The number of rotatable bonds is 7. The SMILES string of the molecule is CCCc1cc(C)ccc1N(O)N(N)C1CCc2c(CC(=O)O)c3cccnc3n2C1. The van der Waals surface area contributed by atoms with E-state index in [-0.39, 0.29) is 12.5 Å². The Morgan fingerprint density at radius 2 is 2.16 bits per heavy atom. The van der Waals surface area contributed by atoms with Crippen LogP contribution in [0.3, 0.4) is 0 Å². The van der Waals surface area contributed by atoms with Crippen LogP contribution < -0.4 is 11.0 Å². The number of aryl methyl sites for hydroxylation is 2. The number of hydrogen-bond donors (Lipinski definition) is 3. The molecule has 0 saturated heterocycles. The predicted octanol–water partition coefficient (Wildman–Crippen LogP) is 3.23. The summed E-state index contributed by atoms with van der Waals surface area (Å²) >= 11 is 0. The Kier molecular flexibility index (Phi) is 5.95. The number of fused-ring (bicyclic) bond motifs is 3. The minimum absolute atomic E-state index is 0.0304. The van der Waals surface area contributed by atoms with E-state index >= 15 is 0 Å². The molecular formula is C23H29N5O3. The molecule has 2 aromatic heterocycles. The molecule has 0 radical (unpaired) electrons. The molecule has 1 unspecified atom stereocenters. The van der Waals surface area contributed by atoms with Gasteiger partial charge in [0.1, 0.15) is 5.65 Å². The zero-order valence-electron chi connectivity index (χ0n) is 18.0. The second-order valence-corrected chi connectivity index (χ2v) is 8.23. The standard InChI is InChI=1S/C23H29N5O3/c1-3-5-16-12-15(2)7-9-20(16)28(31)27(24)17-8-10-21-19(13-22(29)30)18-6-4-11-25-23(18)26(21)14-17/h4,6-7,9,11-12,17,31H,3,5,8,10,13-14,24H2,1-2H3,(H,29,30). The summed E-state index contributed by atoms with van der Waals surface area (Å²) in [5.41, 5.74) is 5.45. The van der Waals surface area contributed by atoms with Gasteiger partial charge in [-0.15, -0.1) is 5.12 Å². The van der Waals surface area contributed by atoms with Gasteiger partial charge in [0.2, 0.25) is 0 Å². The van der Waals surface area contributed by atoms with Crippen molar-refractivity contribution in [1.29, 1.82) is 0 Å². The van der Waals surface area contributed by atoms with E-state index in [0.717, 1.165) is 51.4 Å². The van der Waals surface area contributed by atoms with Crippen LogP contribution in [0.25, 0.3) is 11.0 Å². The minimum Gasteiger partial charge on any atom is -0.481 e. The maximum Gasteiger partial charge on any atom is 0.307 e. The summed E-state index contributed by atoms with van der Waals surface area (Å²) in [5, 5.41) is 23.6. The first-order chi connectivity index (χ1) is 14.9. The van der Waals surface area contributed by atoms with Gasteiger partial charge in [0.05, 0.1) is 18.2 Å². The minimum atomic E-state index is -0.855. The summed E-state index contributed by atoms with van der Waals surface area (Å²) in [6.07, 6.45) is 4.87. The Morgan fingerprint density at radius 1 is 1.35 bits per heavy atom. The largest absolute Gasteiger partial charge is 0.481 e. The Morgan fingerprint density at radius 3 is 2.90 bits per heavy atom. The number of nitrogens with two attached hydrogens (primary N) is 1. The summed E-state index contributed by atoms with van der Waals surface area (Å²) in [7, 11) is 0. The smallest absolute Gasteiger partial charge is 0.307 e. The van der Waals surface area contributed by atoms with E-state index in [4.69, 9.17) is 5.84 Å². The monoisotopic (exact) mass is 423 g/mol. The van der Waals surface area contributed by atoms with E-state index in [2.05, 4.69) is 22.5 Å². The van der Waals surface area contributed by atoms with Crippen LogP contribution in [-0.2, 0) is 30.6 Å². The highest BCUT2D eigenvalue weighted by Gasteiger charge is 2.31. The van der Waals surface area contributed by atoms with Crippen molar-refractivity contribution in [3.05, 3.63) is 58.9 Å². The molecule has 3 aromatic rings. The molecule has 1 aliphatic rings. The van der Waals surface area contributed by atoms with E-state index in [1.54, 1.807) is 6.20 Å². The number of hydrazine groups is 2. The molecule has 4 N–H and O–H groups in total. The molecule has 0 fully saturated rings.